The lowest BCUT2D eigenvalue weighted by Gasteiger charge is -2.45. The van der Waals surface area contributed by atoms with Gasteiger partial charge >= 0.3 is 5.97 Å². The van der Waals surface area contributed by atoms with Crippen LogP contribution < -0.4 is 16.0 Å². The van der Waals surface area contributed by atoms with Crippen molar-refractivity contribution in [1.82, 2.24) is 10.2 Å². The molecule has 0 spiro atoms. The maximum absolute atomic E-state index is 14.1. The number of carbonyl (C=O) groups excluding carboxylic acids is 3. The molecule has 0 aliphatic carbocycles. The van der Waals surface area contributed by atoms with Crippen LogP contribution in [0.25, 0.3) is 0 Å². The Morgan fingerprint density at radius 2 is 1.80 bits per heavy atom. The van der Waals surface area contributed by atoms with Gasteiger partial charge in [0.2, 0.25) is 5.91 Å². The van der Waals surface area contributed by atoms with Crippen LogP contribution in [0.5, 0.6) is 0 Å². The van der Waals surface area contributed by atoms with Crippen LogP contribution in [0.15, 0.2) is 59.6 Å². The Bertz CT molecular complexity index is 1190. The number of fused-ring (bicyclic) bond motifs is 1. The van der Waals surface area contributed by atoms with Crippen molar-refractivity contribution in [2.24, 2.45) is 10.7 Å². The molecule has 3 unspecified atom stereocenters. The van der Waals surface area contributed by atoms with E-state index in [1.54, 1.807) is 48.5 Å². The van der Waals surface area contributed by atoms with Crippen LogP contribution in [-0.4, -0.2) is 77.0 Å². The Morgan fingerprint density at radius 3 is 2.34 bits per heavy atom. The number of thiol groups is 1. The summed E-state index contributed by atoms with van der Waals surface area (Å²) in [6.45, 7) is 1.18. The van der Waals surface area contributed by atoms with E-state index in [0.29, 0.717) is 16.8 Å². The highest BCUT2D eigenvalue weighted by Gasteiger charge is 2.55. The number of aliphatic carboxylic acids is 1. The monoisotopic (exact) mass is 497 g/mol. The van der Waals surface area contributed by atoms with Crippen LogP contribution in [0.2, 0.25) is 0 Å². The number of anilines is 1. The average molecular weight is 498 g/mol. The van der Waals surface area contributed by atoms with Crippen molar-refractivity contribution in [2.45, 2.75) is 24.8 Å². The maximum Gasteiger partial charge on any atom is 0.367 e. The Hall–Kier alpha value is -3.54. The molecule has 11 heteroatoms. The number of carboxylic acids is 1. The fourth-order valence-corrected chi connectivity index (χ4v) is 4.19. The fourth-order valence-electron chi connectivity index (χ4n) is 4.01. The number of nitrogens with one attached hydrogen (secondary N) is 1. The first-order valence-corrected chi connectivity index (χ1v) is 11.4. The fraction of sp³-hybridized carbons (Fsp3) is 0.292. The van der Waals surface area contributed by atoms with Gasteiger partial charge in [-0.05, 0) is 13.1 Å². The smallest absolute Gasteiger partial charge is 0.367 e. The average Bonchev–Trinajstić information content (AvgIpc) is 2.99. The standard InChI is InChI=1S/C24H27N5O5S/c1-14(30)28(3)24(26-2,23(33)34)29-18-12-8-7-11-16(18)19(15-9-5-4-6-10-15)27-20(22(29)32)21(31)17(25)13-35/h4-12,17,20,26,35H,13,25H2,1-3H3,(H,33,34). The van der Waals surface area contributed by atoms with Gasteiger partial charge in [0, 0.05) is 30.9 Å². The van der Waals surface area contributed by atoms with Gasteiger partial charge in [-0.3, -0.25) is 29.6 Å². The summed E-state index contributed by atoms with van der Waals surface area (Å²) in [5.74, 6) is -6.25. The summed E-state index contributed by atoms with van der Waals surface area (Å²) in [7, 11) is 2.56. The maximum atomic E-state index is 14.1. The number of carboxylic acid groups (broad SMARTS) is 1. The highest BCUT2D eigenvalue weighted by atomic mass is 32.1. The predicted molar refractivity (Wildman–Crippen MR) is 135 cm³/mol. The minimum Gasteiger partial charge on any atom is -0.477 e. The molecule has 1 aliphatic rings. The zero-order valence-corrected chi connectivity index (χ0v) is 20.4. The molecular formula is C24H27N5O5S. The molecule has 0 aromatic heterocycles. The molecule has 0 saturated heterocycles. The SMILES string of the molecule is CNC(C(=O)O)(N(C)C(C)=O)N1C(=O)C(C(=O)C(N)CS)N=C(c2ccccc2)c2ccccc21. The summed E-state index contributed by atoms with van der Waals surface area (Å²) in [4.78, 5) is 58.9. The second-order valence-corrected chi connectivity index (χ2v) is 8.30. The van der Waals surface area contributed by atoms with Gasteiger partial charge in [0.15, 0.2) is 11.8 Å². The molecule has 0 bridgehead atoms. The van der Waals surface area contributed by atoms with Crippen molar-refractivity contribution in [3.8, 4) is 0 Å². The predicted octanol–water partition coefficient (Wildman–Crippen LogP) is 0.502. The molecule has 0 fully saturated rings. The van der Waals surface area contributed by atoms with Gasteiger partial charge in [0.25, 0.3) is 11.7 Å². The van der Waals surface area contributed by atoms with Crippen LogP contribution in [0.4, 0.5) is 5.69 Å². The van der Waals surface area contributed by atoms with Gasteiger partial charge in [-0.15, -0.1) is 0 Å². The molecule has 0 radical (unpaired) electrons. The number of benzene rings is 2. The van der Waals surface area contributed by atoms with Crippen LogP contribution in [-0.2, 0) is 19.2 Å². The summed E-state index contributed by atoms with van der Waals surface area (Å²) in [6, 6.07) is 12.6. The number of ketones is 1. The summed E-state index contributed by atoms with van der Waals surface area (Å²) in [6.07, 6.45) is 0. The largest absolute Gasteiger partial charge is 0.477 e. The van der Waals surface area contributed by atoms with Gasteiger partial charge < -0.3 is 15.7 Å². The third-order valence-corrected chi connectivity index (χ3v) is 6.31. The molecule has 10 nitrogen and oxygen atoms in total. The minimum absolute atomic E-state index is 0.0464. The van der Waals surface area contributed by atoms with Gasteiger partial charge in [-0.2, -0.15) is 12.6 Å². The van der Waals surface area contributed by atoms with Crippen LogP contribution >= 0.6 is 12.6 Å². The number of rotatable bonds is 8. The Morgan fingerprint density at radius 1 is 1.20 bits per heavy atom. The van der Waals surface area contributed by atoms with Crippen molar-refractivity contribution < 1.29 is 24.3 Å². The second-order valence-electron chi connectivity index (χ2n) is 7.93. The Balaban J connectivity index is 2.42. The van der Waals surface area contributed by atoms with E-state index in [4.69, 9.17) is 5.73 Å². The lowest BCUT2D eigenvalue weighted by molar-refractivity contribution is -0.161. The topological polar surface area (TPSA) is 145 Å². The molecule has 3 rings (SSSR count). The third kappa shape index (κ3) is 4.45. The summed E-state index contributed by atoms with van der Waals surface area (Å²) >= 11 is 4.08. The molecule has 35 heavy (non-hydrogen) atoms. The van der Waals surface area contributed by atoms with Gasteiger partial charge in [0.1, 0.15) is 0 Å². The van der Waals surface area contributed by atoms with Crippen LogP contribution in [0.1, 0.15) is 18.1 Å². The van der Waals surface area contributed by atoms with E-state index in [9.17, 15) is 24.3 Å². The minimum atomic E-state index is -2.37. The number of amides is 2. The van der Waals surface area contributed by atoms with Crippen LogP contribution in [0.3, 0.4) is 0 Å². The van der Waals surface area contributed by atoms with Crippen LogP contribution in [0, 0.1) is 0 Å². The number of carbonyl (C=O) groups is 4. The zero-order valence-electron chi connectivity index (χ0n) is 19.5. The van der Waals surface area contributed by atoms with E-state index < -0.39 is 41.4 Å². The van der Waals surface area contributed by atoms with Crippen molar-refractivity contribution in [2.75, 3.05) is 24.7 Å². The van der Waals surface area contributed by atoms with Crippen molar-refractivity contribution >= 4 is 47.6 Å². The first-order valence-electron chi connectivity index (χ1n) is 10.7. The van der Waals surface area contributed by atoms with E-state index >= 15 is 0 Å². The zero-order chi connectivity index (χ0) is 25.9. The molecule has 184 valence electrons. The Kier molecular flexibility index (Phi) is 7.73. The quantitative estimate of drug-likeness (QED) is 0.236. The summed E-state index contributed by atoms with van der Waals surface area (Å²) < 4.78 is 0. The van der Waals surface area contributed by atoms with Crippen molar-refractivity contribution in [1.29, 1.82) is 0 Å². The number of hydrogen-bond donors (Lipinski definition) is 4. The Labute approximate surface area is 208 Å². The highest BCUT2D eigenvalue weighted by Crippen LogP contribution is 2.34. The number of para-hydroxylation sites is 1. The highest BCUT2D eigenvalue weighted by molar-refractivity contribution is 7.80. The normalized spacial score (nSPS) is 18.0. The van der Waals surface area contributed by atoms with E-state index in [1.165, 1.54) is 21.0 Å². The lowest BCUT2D eigenvalue weighted by atomic mass is 9.99. The lowest BCUT2D eigenvalue weighted by Crippen LogP contribution is -2.75. The van der Waals surface area contributed by atoms with Crippen molar-refractivity contribution in [3.05, 3.63) is 65.7 Å². The number of benzodiazepines with no additional fused rings is 1. The number of likely N-dealkylation sites (N-methyl/N-ethyl adjacent to an activating group) is 2. The molecule has 2 aromatic carbocycles. The van der Waals surface area contributed by atoms with E-state index in [1.807, 2.05) is 6.07 Å². The van der Waals surface area contributed by atoms with Gasteiger partial charge in [-0.25, -0.2) is 4.79 Å². The molecule has 2 aromatic rings. The number of hydrogen-bond acceptors (Lipinski definition) is 8. The second kappa shape index (κ2) is 10.4. The first kappa shape index (κ1) is 26.1. The van der Waals surface area contributed by atoms with E-state index in [0.717, 1.165) is 9.80 Å². The number of aliphatic imine (C=N–C) groups is 1. The number of Topliss-reactive ketones (excluding diaryl/α,β-unsaturated/α-hetero) is 1. The molecule has 0 saturated carbocycles. The summed E-state index contributed by atoms with van der Waals surface area (Å²) in [5, 5.41) is 13.0. The van der Waals surface area contributed by atoms with E-state index in [-0.39, 0.29) is 11.4 Å². The molecular weight excluding hydrogens is 470 g/mol. The molecule has 1 heterocycles. The molecule has 1 aliphatic heterocycles. The van der Waals surface area contributed by atoms with Crippen molar-refractivity contribution in [3.63, 3.8) is 0 Å². The third-order valence-electron chi connectivity index (χ3n) is 5.92. The molecule has 3 atom stereocenters. The molecule has 4 N–H and O–H groups in total. The number of nitrogens with two attached hydrogens (primary N) is 1. The summed E-state index contributed by atoms with van der Waals surface area (Å²) in [5.41, 5.74) is 7.41. The van der Waals surface area contributed by atoms with Gasteiger partial charge in [0.05, 0.1) is 17.4 Å². The van der Waals surface area contributed by atoms with Gasteiger partial charge in [-0.1, -0.05) is 48.5 Å². The number of nitrogens with zero attached hydrogens (tertiary/aromatic N) is 3. The first-order chi connectivity index (χ1) is 16.6. The molecule has 2 amide bonds. The van der Waals surface area contributed by atoms with E-state index in [2.05, 4.69) is 22.9 Å².